The molecule has 5 heteroatoms. The Balaban J connectivity index is 1.43. The third-order valence-electron chi connectivity index (χ3n) is 5.35. The lowest BCUT2D eigenvalue weighted by molar-refractivity contribution is 0.0951. The fraction of sp³-hybridized carbons (Fsp3) is 0.208. The largest absolute Gasteiger partial charge is 0.348 e. The Hall–Kier alpha value is -3.47. The first-order valence-electron chi connectivity index (χ1n) is 9.88. The molecule has 2 amide bonds. The van der Waals surface area contributed by atoms with Crippen LogP contribution in [0.4, 0.5) is 5.69 Å². The van der Waals surface area contributed by atoms with E-state index in [1.807, 2.05) is 36.4 Å². The molecule has 1 aliphatic carbocycles. The monoisotopic (exact) mass is 385 g/mol. The molecule has 0 bridgehead atoms. The molecule has 2 N–H and O–H groups in total. The minimum absolute atomic E-state index is 0.224. The van der Waals surface area contributed by atoms with Crippen molar-refractivity contribution in [2.45, 2.75) is 31.7 Å². The molecule has 1 heterocycles. The van der Waals surface area contributed by atoms with Gasteiger partial charge in [0.05, 0.1) is 11.3 Å². The first-order valence-corrected chi connectivity index (χ1v) is 9.88. The minimum atomic E-state index is -0.245. The molecule has 0 radical (unpaired) electrons. The Morgan fingerprint density at radius 3 is 2.41 bits per heavy atom. The highest BCUT2D eigenvalue weighted by atomic mass is 16.2. The predicted molar refractivity (Wildman–Crippen MR) is 113 cm³/mol. The molecule has 0 saturated heterocycles. The van der Waals surface area contributed by atoms with E-state index in [4.69, 9.17) is 0 Å². The zero-order valence-electron chi connectivity index (χ0n) is 16.1. The highest BCUT2D eigenvalue weighted by molar-refractivity contribution is 6.09. The number of aromatic nitrogens is 1. The number of nitrogens with zero attached hydrogens (tertiary/aromatic N) is 1. The van der Waals surface area contributed by atoms with E-state index in [1.54, 1.807) is 36.7 Å². The van der Waals surface area contributed by atoms with Gasteiger partial charge < -0.3 is 10.6 Å². The van der Waals surface area contributed by atoms with Crippen molar-refractivity contribution in [2.24, 2.45) is 0 Å². The van der Waals surface area contributed by atoms with Gasteiger partial charge in [-0.1, -0.05) is 36.8 Å². The third kappa shape index (κ3) is 4.51. The molecule has 5 nitrogen and oxygen atoms in total. The Bertz CT molecular complexity index is 996. The van der Waals surface area contributed by atoms with E-state index in [0.29, 0.717) is 29.3 Å². The van der Waals surface area contributed by atoms with Crippen LogP contribution in [0, 0.1) is 0 Å². The van der Waals surface area contributed by atoms with E-state index in [0.717, 1.165) is 5.56 Å². The van der Waals surface area contributed by atoms with Gasteiger partial charge in [-0.15, -0.1) is 0 Å². The smallest absolute Gasteiger partial charge is 0.255 e. The van der Waals surface area contributed by atoms with Crippen LogP contribution in [0.5, 0.6) is 0 Å². The van der Waals surface area contributed by atoms with Crippen LogP contribution in [0.1, 0.15) is 57.0 Å². The lowest BCUT2D eigenvalue weighted by atomic mass is 9.80. The van der Waals surface area contributed by atoms with Crippen molar-refractivity contribution in [2.75, 3.05) is 5.32 Å². The number of carbonyl (C=O) groups is 2. The molecule has 0 atom stereocenters. The number of pyridine rings is 1. The standard InChI is InChI=1S/C24H23N3O2/c28-23(20-12-10-19(11-13-20)18-6-3-7-18)27-22-9-2-1-8-21(22)24(29)26-16-17-5-4-14-25-15-17/h1-2,4-5,8-15,18H,3,6-7,16H2,(H,26,29)(H,27,28). The van der Waals surface area contributed by atoms with Gasteiger partial charge in [0.25, 0.3) is 11.8 Å². The maximum absolute atomic E-state index is 12.7. The second-order valence-corrected chi connectivity index (χ2v) is 7.29. The number of para-hydroxylation sites is 1. The Morgan fingerprint density at radius 1 is 0.931 bits per heavy atom. The highest BCUT2D eigenvalue weighted by Crippen LogP contribution is 2.36. The molecule has 4 rings (SSSR count). The van der Waals surface area contributed by atoms with E-state index < -0.39 is 0 Å². The number of hydrogen-bond acceptors (Lipinski definition) is 3. The van der Waals surface area contributed by atoms with Crippen molar-refractivity contribution in [3.05, 3.63) is 95.3 Å². The SMILES string of the molecule is O=C(Nc1ccccc1C(=O)NCc1cccnc1)c1ccc(C2CCC2)cc1. The lowest BCUT2D eigenvalue weighted by Crippen LogP contribution is -2.25. The third-order valence-corrected chi connectivity index (χ3v) is 5.35. The van der Waals surface area contributed by atoms with Gasteiger partial charge in [0.1, 0.15) is 0 Å². The number of benzene rings is 2. The van der Waals surface area contributed by atoms with E-state index in [1.165, 1.54) is 24.8 Å². The first-order chi connectivity index (χ1) is 14.2. The summed E-state index contributed by atoms with van der Waals surface area (Å²) in [5, 5.41) is 5.74. The molecule has 1 aliphatic rings. The van der Waals surface area contributed by atoms with E-state index in [2.05, 4.69) is 15.6 Å². The van der Waals surface area contributed by atoms with Crippen LogP contribution in [-0.4, -0.2) is 16.8 Å². The molecular weight excluding hydrogens is 362 g/mol. The molecule has 0 unspecified atom stereocenters. The predicted octanol–water partition coefficient (Wildman–Crippen LogP) is 4.53. The van der Waals surface area contributed by atoms with Crippen LogP contribution >= 0.6 is 0 Å². The number of hydrogen-bond donors (Lipinski definition) is 2. The van der Waals surface area contributed by atoms with Gasteiger partial charge in [-0.05, 0) is 60.2 Å². The number of nitrogens with one attached hydrogen (secondary N) is 2. The van der Waals surface area contributed by atoms with E-state index in [9.17, 15) is 9.59 Å². The molecule has 2 aromatic carbocycles. The van der Waals surface area contributed by atoms with Gasteiger partial charge in [0.15, 0.2) is 0 Å². The zero-order valence-corrected chi connectivity index (χ0v) is 16.1. The van der Waals surface area contributed by atoms with Crippen LogP contribution in [-0.2, 0) is 6.54 Å². The van der Waals surface area contributed by atoms with Gasteiger partial charge in [-0.2, -0.15) is 0 Å². The maximum atomic E-state index is 12.7. The number of rotatable bonds is 6. The van der Waals surface area contributed by atoms with Crippen LogP contribution in [0.15, 0.2) is 73.1 Å². The van der Waals surface area contributed by atoms with E-state index >= 15 is 0 Å². The van der Waals surface area contributed by atoms with Crippen molar-refractivity contribution in [1.82, 2.24) is 10.3 Å². The van der Waals surface area contributed by atoms with Crippen molar-refractivity contribution >= 4 is 17.5 Å². The van der Waals surface area contributed by atoms with Crippen LogP contribution in [0.25, 0.3) is 0 Å². The summed E-state index contributed by atoms with van der Waals surface area (Å²) in [5.41, 5.74) is 3.70. The number of carbonyl (C=O) groups excluding carboxylic acids is 2. The van der Waals surface area contributed by atoms with Crippen LogP contribution in [0.2, 0.25) is 0 Å². The second kappa shape index (κ2) is 8.69. The molecule has 0 spiro atoms. The molecular formula is C24H23N3O2. The van der Waals surface area contributed by atoms with Gasteiger partial charge in [-0.25, -0.2) is 0 Å². The molecule has 3 aromatic rings. The molecule has 1 saturated carbocycles. The Kier molecular flexibility index (Phi) is 5.66. The van der Waals surface area contributed by atoms with Gasteiger partial charge in [0.2, 0.25) is 0 Å². The summed E-state index contributed by atoms with van der Waals surface area (Å²) < 4.78 is 0. The lowest BCUT2D eigenvalue weighted by Gasteiger charge is -2.25. The summed E-state index contributed by atoms with van der Waals surface area (Å²) in [6, 6.07) is 18.5. The van der Waals surface area contributed by atoms with Crippen LogP contribution < -0.4 is 10.6 Å². The topological polar surface area (TPSA) is 71.1 Å². The van der Waals surface area contributed by atoms with Crippen molar-refractivity contribution < 1.29 is 9.59 Å². The molecule has 1 aromatic heterocycles. The fourth-order valence-corrected chi connectivity index (χ4v) is 3.41. The zero-order chi connectivity index (χ0) is 20.1. The van der Waals surface area contributed by atoms with Crippen molar-refractivity contribution in [1.29, 1.82) is 0 Å². The molecule has 0 aliphatic heterocycles. The van der Waals surface area contributed by atoms with Crippen molar-refractivity contribution in [3.63, 3.8) is 0 Å². The normalized spacial score (nSPS) is 13.4. The summed E-state index contributed by atoms with van der Waals surface area (Å²) in [4.78, 5) is 29.4. The minimum Gasteiger partial charge on any atom is -0.348 e. The first kappa shape index (κ1) is 18.9. The average Bonchev–Trinajstić information content (AvgIpc) is 2.72. The summed E-state index contributed by atoms with van der Waals surface area (Å²) in [7, 11) is 0. The Morgan fingerprint density at radius 2 is 1.72 bits per heavy atom. The van der Waals surface area contributed by atoms with Gasteiger partial charge in [0, 0.05) is 24.5 Å². The van der Waals surface area contributed by atoms with Gasteiger partial charge in [-0.3, -0.25) is 14.6 Å². The van der Waals surface area contributed by atoms with Crippen molar-refractivity contribution in [3.8, 4) is 0 Å². The summed E-state index contributed by atoms with van der Waals surface area (Å²) in [5.74, 6) is 0.166. The quantitative estimate of drug-likeness (QED) is 0.655. The fourth-order valence-electron chi connectivity index (χ4n) is 3.41. The maximum Gasteiger partial charge on any atom is 0.255 e. The Labute approximate surface area is 170 Å². The van der Waals surface area contributed by atoms with Gasteiger partial charge >= 0.3 is 0 Å². The molecule has 1 fully saturated rings. The molecule has 29 heavy (non-hydrogen) atoms. The second-order valence-electron chi connectivity index (χ2n) is 7.29. The van der Waals surface area contributed by atoms with Crippen LogP contribution in [0.3, 0.4) is 0 Å². The average molecular weight is 385 g/mol. The summed E-state index contributed by atoms with van der Waals surface area (Å²) in [6.07, 6.45) is 7.14. The number of anilines is 1. The highest BCUT2D eigenvalue weighted by Gasteiger charge is 2.20. The number of amides is 2. The summed E-state index contributed by atoms with van der Waals surface area (Å²) in [6.45, 7) is 0.373. The van der Waals surface area contributed by atoms with E-state index in [-0.39, 0.29) is 11.8 Å². The molecule has 146 valence electrons. The summed E-state index contributed by atoms with van der Waals surface area (Å²) >= 11 is 0.